The van der Waals surface area contributed by atoms with E-state index in [1.165, 1.54) is 0 Å². The van der Waals surface area contributed by atoms with Gasteiger partial charge in [-0.3, -0.25) is 14.9 Å². The average Bonchev–Trinajstić information content (AvgIpc) is 3.12. The fourth-order valence-electron chi connectivity index (χ4n) is 2.86. The highest BCUT2D eigenvalue weighted by molar-refractivity contribution is 9.10. The number of likely N-dealkylation sites (N-methyl/N-ethyl adjacent to an activating group) is 1. The van der Waals surface area contributed by atoms with Crippen molar-refractivity contribution in [2.24, 2.45) is 0 Å². The van der Waals surface area contributed by atoms with Crippen LogP contribution in [0.5, 0.6) is 0 Å². The molecule has 1 aromatic rings. The number of imide groups is 1. The second-order valence-electron chi connectivity index (χ2n) is 6.02. The van der Waals surface area contributed by atoms with E-state index in [2.05, 4.69) is 56.9 Å². The molecule has 2 saturated heterocycles. The van der Waals surface area contributed by atoms with Crippen molar-refractivity contribution in [2.75, 3.05) is 32.1 Å². The molecule has 2 aliphatic heterocycles. The summed E-state index contributed by atoms with van der Waals surface area (Å²) in [6, 6.07) is 6.64. The third-order valence-electron chi connectivity index (χ3n) is 4.20. The number of thioether (sulfide) groups is 1. The number of hydrogen-bond donors (Lipinski definition) is 1. The summed E-state index contributed by atoms with van der Waals surface area (Å²) >= 11 is 4.38. The van der Waals surface area contributed by atoms with Crippen molar-refractivity contribution in [3.8, 4) is 0 Å². The first-order valence-electron chi connectivity index (χ1n) is 7.65. The van der Waals surface area contributed by atoms with E-state index in [-0.39, 0.29) is 11.1 Å². The maximum absolute atomic E-state index is 11.6. The molecule has 1 atom stereocenters. The van der Waals surface area contributed by atoms with Crippen LogP contribution in [0.25, 0.3) is 6.08 Å². The van der Waals surface area contributed by atoms with Gasteiger partial charge in [0.1, 0.15) is 4.91 Å². The van der Waals surface area contributed by atoms with E-state index in [1.807, 2.05) is 12.1 Å². The molecule has 1 N–H and O–H groups in total. The zero-order valence-corrected chi connectivity index (χ0v) is 15.9. The van der Waals surface area contributed by atoms with E-state index in [1.54, 1.807) is 6.08 Å². The molecule has 0 saturated carbocycles. The molecular formula is C17H18BrN3O2S. The van der Waals surface area contributed by atoms with E-state index in [4.69, 9.17) is 0 Å². The van der Waals surface area contributed by atoms with Crippen LogP contribution in [-0.2, 0) is 4.79 Å². The average molecular weight is 408 g/mol. The molecule has 126 valence electrons. The Kier molecular flexibility index (Phi) is 5.15. The van der Waals surface area contributed by atoms with Crippen molar-refractivity contribution in [3.05, 3.63) is 38.9 Å². The first kappa shape index (κ1) is 17.3. The molecule has 0 bridgehead atoms. The van der Waals surface area contributed by atoms with Crippen molar-refractivity contribution in [3.63, 3.8) is 0 Å². The smallest absolute Gasteiger partial charge is 0.291 e. The Bertz CT molecular complexity index is 756. The third-order valence-corrected chi connectivity index (χ3v) is 5.49. The number of nitrogens with one attached hydrogen (secondary N) is 1. The van der Waals surface area contributed by atoms with Gasteiger partial charge in [0.25, 0.3) is 11.1 Å². The Morgan fingerprint density at radius 3 is 2.83 bits per heavy atom. The van der Waals surface area contributed by atoms with Gasteiger partial charge in [0, 0.05) is 34.9 Å². The summed E-state index contributed by atoms with van der Waals surface area (Å²) in [5.74, 6) is -0.383. The van der Waals surface area contributed by atoms with Gasteiger partial charge in [-0.2, -0.15) is 0 Å². The zero-order chi connectivity index (χ0) is 17.3. The molecule has 2 aliphatic rings. The largest absolute Gasteiger partial charge is 0.369 e. The monoisotopic (exact) mass is 407 g/mol. The number of halogens is 1. The SMILES string of the molecule is CN(C)[C@H]1CCN(c2ccc(Br)cc2C=C=C2SC(=O)NC2=O)C1. The number of amides is 2. The first-order valence-corrected chi connectivity index (χ1v) is 9.26. The van der Waals surface area contributed by atoms with Crippen LogP contribution in [0, 0.1) is 0 Å². The van der Waals surface area contributed by atoms with E-state index < -0.39 is 0 Å². The molecule has 0 radical (unpaired) electrons. The Morgan fingerprint density at radius 2 is 2.21 bits per heavy atom. The van der Waals surface area contributed by atoms with Crippen molar-refractivity contribution < 1.29 is 9.59 Å². The van der Waals surface area contributed by atoms with Gasteiger partial charge in [0.15, 0.2) is 0 Å². The van der Waals surface area contributed by atoms with Gasteiger partial charge in [0.05, 0.1) is 0 Å². The molecule has 0 aromatic heterocycles. The predicted octanol–water partition coefficient (Wildman–Crippen LogP) is 3.07. The topological polar surface area (TPSA) is 52.6 Å². The second kappa shape index (κ2) is 7.15. The number of rotatable bonds is 3. The number of carbonyl (C=O) groups is 2. The lowest BCUT2D eigenvalue weighted by atomic mass is 10.1. The molecule has 0 unspecified atom stereocenters. The predicted molar refractivity (Wildman–Crippen MR) is 101 cm³/mol. The fraction of sp³-hybridized carbons (Fsp3) is 0.353. The normalized spacial score (nSPS) is 20.6. The van der Waals surface area contributed by atoms with Crippen LogP contribution in [0.4, 0.5) is 10.5 Å². The van der Waals surface area contributed by atoms with Crippen molar-refractivity contribution in [1.29, 1.82) is 0 Å². The van der Waals surface area contributed by atoms with Crippen LogP contribution in [0.3, 0.4) is 0 Å². The number of hydrogen-bond acceptors (Lipinski definition) is 5. The minimum atomic E-state index is -0.383. The third kappa shape index (κ3) is 3.75. The van der Waals surface area contributed by atoms with E-state index in [0.29, 0.717) is 10.9 Å². The zero-order valence-electron chi connectivity index (χ0n) is 13.5. The van der Waals surface area contributed by atoms with Crippen LogP contribution in [0.15, 0.2) is 33.3 Å². The summed E-state index contributed by atoms with van der Waals surface area (Å²) in [4.78, 5) is 27.8. The minimum absolute atomic E-state index is 0.304. The van der Waals surface area contributed by atoms with E-state index in [0.717, 1.165) is 47.0 Å². The van der Waals surface area contributed by atoms with Crippen molar-refractivity contribution in [1.82, 2.24) is 10.2 Å². The Labute approximate surface area is 153 Å². The highest BCUT2D eigenvalue weighted by atomic mass is 79.9. The summed E-state index contributed by atoms with van der Waals surface area (Å²) in [6.45, 7) is 1.97. The Balaban J connectivity index is 1.91. The van der Waals surface area contributed by atoms with Crippen LogP contribution in [-0.4, -0.2) is 49.3 Å². The summed E-state index contributed by atoms with van der Waals surface area (Å²) in [5, 5.41) is 1.89. The second-order valence-corrected chi connectivity index (χ2v) is 7.92. The maximum Gasteiger partial charge on any atom is 0.291 e. The fourth-order valence-corrected chi connectivity index (χ4v) is 3.83. The number of anilines is 1. The molecule has 0 spiro atoms. The Morgan fingerprint density at radius 1 is 1.42 bits per heavy atom. The standard InChI is InChI=1S/C17H18BrN3O2S/c1-20(2)13-7-8-21(10-13)14-5-4-12(18)9-11(14)3-6-15-16(22)19-17(23)24-15/h3-5,9,13H,7-8,10H2,1-2H3,(H,19,22,23)/t6?,13-/m0/s1. The van der Waals surface area contributed by atoms with Gasteiger partial charge in [-0.05, 0) is 56.6 Å². The molecule has 7 heteroatoms. The summed E-state index contributed by atoms with van der Waals surface area (Å²) in [7, 11) is 4.21. The maximum atomic E-state index is 11.6. The number of benzene rings is 1. The molecule has 3 rings (SSSR count). The molecule has 0 aliphatic carbocycles. The minimum Gasteiger partial charge on any atom is -0.369 e. The van der Waals surface area contributed by atoms with Gasteiger partial charge < -0.3 is 9.80 Å². The lowest BCUT2D eigenvalue weighted by Gasteiger charge is -2.23. The molecular weight excluding hydrogens is 390 g/mol. The van der Waals surface area contributed by atoms with Gasteiger partial charge in [-0.1, -0.05) is 21.7 Å². The number of carbonyl (C=O) groups excluding carboxylic acids is 2. The molecule has 2 heterocycles. The Hall–Kier alpha value is -1.53. The van der Waals surface area contributed by atoms with E-state index in [9.17, 15) is 9.59 Å². The van der Waals surface area contributed by atoms with Gasteiger partial charge in [0.2, 0.25) is 0 Å². The molecule has 24 heavy (non-hydrogen) atoms. The lowest BCUT2D eigenvalue weighted by Crippen LogP contribution is -2.31. The molecule has 2 amide bonds. The lowest BCUT2D eigenvalue weighted by molar-refractivity contribution is -0.115. The van der Waals surface area contributed by atoms with E-state index >= 15 is 0 Å². The van der Waals surface area contributed by atoms with Crippen LogP contribution in [0.2, 0.25) is 0 Å². The highest BCUT2D eigenvalue weighted by Gasteiger charge is 2.26. The summed E-state index contributed by atoms with van der Waals surface area (Å²) < 4.78 is 0.965. The van der Waals surface area contributed by atoms with Crippen LogP contribution < -0.4 is 10.2 Å². The summed E-state index contributed by atoms with van der Waals surface area (Å²) in [5.41, 5.74) is 5.06. The van der Waals surface area contributed by atoms with Crippen LogP contribution in [0.1, 0.15) is 12.0 Å². The van der Waals surface area contributed by atoms with Gasteiger partial charge in [-0.25, -0.2) is 0 Å². The molecule has 5 nitrogen and oxygen atoms in total. The van der Waals surface area contributed by atoms with Gasteiger partial charge >= 0.3 is 0 Å². The first-order chi connectivity index (χ1) is 11.4. The summed E-state index contributed by atoms with van der Waals surface area (Å²) in [6.07, 6.45) is 2.91. The van der Waals surface area contributed by atoms with Gasteiger partial charge in [-0.15, -0.1) is 0 Å². The van der Waals surface area contributed by atoms with Crippen molar-refractivity contribution >= 4 is 50.6 Å². The highest BCUT2D eigenvalue weighted by Crippen LogP contribution is 2.30. The quantitative estimate of drug-likeness (QED) is 0.616. The van der Waals surface area contributed by atoms with Crippen molar-refractivity contribution in [2.45, 2.75) is 12.5 Å². The number of nitrogens with zero attached hydrogens (tertiary/aromatic N) is 2. The van der Waals surface area contributed by atoms with Crippen LogP contribution >= 0.6 is 27.7 Å². The molecule has 2 fully saturated rings. The molecule has 1 aromatic carbocycles.